The van der Waals surface area contributed by atoms with Gasteiger partial charge in [-0.3, -0.25) is 4.57 Å². The van der Waals surface area contributed by atoms with Gasteiger partial charge in [0.2, 0.25) is 0 Å². The van der Waals surface area contributed by atoms with Gasteiger partial charge in [-0.2, -0.15) is 0 Å². The minimum atomic E-state index is -0.602. The van der Waals surface area contributed by atoms with Crippen molar-refractivity contribution in [1.29, 1.82) is 0 Å². The number of nitrogens with two attached hydrogens (primary N) is 1. The highest BCUT2D eigenvalue weighted by Crippen LogP contribution is 2.50. The van der Waals surface area contributed by atoms with Gasteiger partial charge in [-0.15, -0.1) is 0 Å². The van der Waals surface area contributed by atoms with Crippen LogP contribution in [0.2, 0.25) is 0 Å². The third-order valence-corrected chi connectivity index (χ3v) is 5.82. The first-order chi connectivity index (χ1) is 13.7. The van der Waals surface area contributed by atoms with Crippen LogP contribution in [0.3, 0.4) is 0 Å². The minimum absolute atomic E-state index is 0.364. The lowest BCUT2D eigenvalue weighted by Crippen LogP contribution is -2.04. The molecule has 28 heavy (non-hydrogen) atoms. The summed E-state index contributed by atoms with van der Waals surface area (Å²) in [4.78, 5) is 8.78. The molecule has 0 aliphatic heterocycles. The molecule has 4 aromatic rings. The van der Waals surface area contributed by atoms with Crippen LogP contribution in [-0.4, -0.2) is 24.8 Å². The first kappa shape index (κ1) is 15.8. The van der Waals surface area contributed by atoms with Crippen molar-refractivity contribution in [3.05, 3.63) is 53.7 Å². The zero-order valence-electron chi connectivity index (χ0n) is 15.2. The van der Waals surface area contributed by atoms with E-state index < -0.39 is 6.10 Å². The summed E-state index contributed by atoms with van der Waals surface area (Å²) in [6.07, 6.45) is 4.33. The average Bonchev–Trinajstić information content (AvgIpc) is 3.40. The molecule has 1 unspecified atom stereocenters. The van der Waals surface area contributed by atoms with Crippen LogP contribution in [0.1, 0.15) is 48.3 Å². The number of hydrogen-bond acceptors (Lipinski definition) is 6. The van der Waals surface area contributed by atoms with Gasteiger partial charge in [-0.05, 0) is 37.8 Å². The molecule has 7 nitrogen and oxygen atoms in total. The number of fused-ring (bicyclic) bond motifs is 5. The van der Waals surface area contributed by atoms with Crippen molar-refractivity contribution in [3.63, 3.8) is 0 Å². The standard InChI is InChI=1S/C21H19N5O2/c22-20-17-15-13(26(21(17)24-10-23-20)12-4-2-1-3-5-12)8-9-14(27)16-18(15)25-28-19(16)11-6-7-11/h1-5,10-11,14,27H,6-9H2,(H2,22,23,24). The highest BCUT2D eigenvalue weighted by molar-refractivity contribution is 6.03. The van der Waals surface area contributed by atoms with E-state index in [4.69, 9.17) is 10.3 Å². The van der Waals surface area contributed by atoms with Crippen molar-refractivity contribution in [2.24, 2.45) is 0 Å². The zero-order chi connectivity index (χ0) is 18.8. The van der Waals surface area contributed by atoms with Crippen LogP contribution in [0.25, 0.3) is 28.0 Å². The van der Waals surface area contributed by atoms with Crippen molar-refractivity contribution < 1.29 is 9.63 Å². The molecule has 3 aromatic heterocycles. The summed E-state index contributed by atoms with van der Waals surface area (Å²) in [7, 11) is 0. The molecule has 0 radical (unpaired) electrons. The molecule has 3 heterocycles. The predicted molar refractivity (Wildman–Crippen MR) is 104 cm³/mol. The predicted octanol–water partition coefficient (Wildman–Crippen LogP) is 3.51. The number of benzene rings is 1. The molecule has 1 aromatic carbocycles. The second-order valence-electron chi connectivity index (χ2n) is 7.59. The van der Waals surface area contributed by atoms with Crippen LogP contribution >= 0.6 is 0 Å². The van der Waals surface area contributed by atoms with E-state index in [1.54, 1.807) is 0 Å². The summed E-state index contributed by atoms with van der Waals surface area (Å²) in [6, 6.07) is 10.1. The van der Waals surface area contributed by atoms with Crippen LogP contribution in [0.15, 0.2) is 41.2 Å². The lowest BCUT2D eigenvalue weighted by Gasteiger charge is -2.11. The molecular weight excluding hydrogens is 354 g/mol. The monoisotopic (exact) mass is 373 g/mol. The van der Waals surface area contributed by atoms with Gasteiger partial charge in [-0.1, -0.05) is 23.4 Å². The molecule has 0 spiro atoms. The number of nitrogens with zero attached hydrogens (tertiary/aromatic N) is 4. The first-order valence-electron chi connectivity index (χ1n) is 9.61. The maximum Gasteiger partial charge on any atom is 0.150 e. The third-order valence-electron chi connectivity index (χ3n) is 5.82. The van der Waals surface area contributed by atoms with Crippen LogP contribution < -0.4 is 5.73 Å². The fraction of sp³-hybridized carbons (Fsp3) is 0.286. The Balaban J connectivity index is 1.74. The second-order valence-corrected chi connectivity index (χ2v) is 7.59. The number of nitrogen functional groups attached to an aromatic ring is 1. The van der Waals surface area contributed by atoms with E-state index >= 15 is 0 Å². The maximum atomic E-state index is 10.9. The Hall–Kier alpha value is -3.19. The largest absolute Gasteiger partial charge is 0.388 e. The molecule has 6 rings (SSSR count). The van der Waals surface area contributed by atoms with Crippen molar-refractivity contribution >= 4 is 16.9 Å². The Kier molecular flexibility index (Phi) is 3.20. The summed E-state index contributed by atoms with van der Waals surface area (Å²) < 4.78 is 7.83. The van der Waals surface area contributed by atoms with Gasteiger partial charge in [0.25, 0.3) is 0 Å². The Morgan fingerprint density at radius 2 is 1.93 bits per heavy atom. The molecule has 2 aliphatic carbocycles. The van der Waals surface area contributed by atoms with E-state index in [0.29, 0.717) is 30.3 Å². The smallest absolute Gasteiger partial charge is 0.150 e. The second kappa shape index (κ2) is 5.65. The summed E-state index contributed by atoms with van der Waals surface area (Å²) in [5.41, 5.74) is 11.5. The third kappa shape index (κ3) is 2.10. The van der Waals surface area contributed by atoms with E-state index in [0.717, 1.165) is 52.1 Å². The number of aliphatic hydroxyl groups is 1. The van der Waals surface area contributed by atoms with Crippen LogP contribution in [0, 0.1) is 0 Å². The number of anilines is 1. The topological polar surface area (TPSA) is 103 Å². The molecule has 140 valence electrons. The molecule has 0 bridgehead atoms. The summed E-state index contributed by atoms with van der Waals surface area (Å²) in [6.45, 7) is 0. The Morgan fingerprint density at radius 3 is 2.71 bits per heavy atom. The first-order valence-corrected chi connectivity index (χ1v) is 9.61. The molecule has 7 heteroatoms. The van der Waals surface area contributed by atoms with Crippen LogP contribution in [0.5, 0.6) is 0 Å². The quantitative estimate of drug-likeness (QED) is 0.557. The summed E-state index contributed by atoms with van der Waals surface area (Å²) in [5, 5.41) is 16.1. The molecular formula is C21H19N5O2. The molecule has 0 saturated heterocycles. The summed E-state index contributed by atoms with van der Waals surface area (Å²) in [5.74, 6) is 1.60. The Morgan fingerprint density at radius 1 is 1.11 bits per heavy atom. The maximum absolute atomic E-state index is 10.9. The average molecular weight is 373 g/mol. The van der Waals surface area contributed by atoms with Crippen molar-refractivity contribution in [3.8, 4) is 16.9 Å². The van der Waals surface area contributed by atoms with Gasteiger partial charge in [0.05, 0.1) is 17.1 Å². The SMILES string of the molecule is Nc1ncnc2c1c1c(n2-c2ccccc2)CCC(O)c2c-1noc2C1CC1. The fourth-order valence-corrected chi connectivity index (χ4v) is 4.40. The van der Waals surface area contributed by atoms with Crippen molar-refractivity contribution in [2.45, 2.75) is 37.7 Å². The molecule has 0 amide bonds. The Labute approximate surface area is 160 Å². The van der Waals surface area contributed by atoms with Crippen molar-refractivity contribution in [1.82, 2.24) is 19.7 Å². The van der Waals surface area contributed by atoms with Gasteiger partial charge in [0, 0.05) is 22.9 Å². The zero-order valence-corrected chi connectivity index (χ0v) is 15.2. The number of hydrogen-bond donors (Lipinski definition) is 2. The molecule has 2 aliphatic rings. The normalized spacial score (nSPS) is 18.7. The van der Waals surface area contributed by atoms with Crippen molar-refractivity contribution in [2.75, 3.05) is 5.73 Å². The van der Waals surface area contributed by atoms with Gasteiger partial charge in [-0.25, -0.2) is 9.97 Å². The number of para-hydroxylation sites is 1. The van der Waals surface area contributed by atoms with E-state index in [1.165, 1.54) is 6.33 Å². The van der Waals surface area contributed by atoms with Gasteiger partial charge >= 0.3 is 0 Å². The highest BCUT2D eigenvalue weighted by Gasteiger charge is 2.39. The van der Waals surface area contributed by atoms with E-state index in [9.17, 15) is 5.11 Å². The van der Waals surface area contributed by atoms with Gasteiger partial charge in [0.1, 0.15) is 23.6 Å². The van der Waals surface area contributed by atoms with E-state index in [1.807, 2.05) is 30.3 Å². The number of aromatic nitrogens is 4. The lowest BCUT2D eigenvalue weighted by molar-refractivity contribution is 0.166. The van der Waals surface area contributed by atoms with Gasteiger partial charge < -0.3 is 15.4 Å². The Bertz CT molecular complexity index is 1210. The highest BCUT2D eigenvalue weighted by atomic mass is 16.5. The summed E-state index contributed by atoms with van der Waals surface area (Å²) >= 11 is 0. The molecule has 3 N–H and O–H groups in total. The minimum Gasteiger partial charge on any atom is -0.388 e. The molecule has 1 fully saturated rings. The number of aliphatic hydroxyl groups excluding tert-OH is 1. The van der Waals surface area contributed by atoms with Crippen LogP contribution in [-0.2, 0) is 6.42 Å². The molecule has 1 saturated carbocycles. The lowest BCUT2D eigenvalue weighted by atomic mass is 10.0. The van der Waals surface area contributed by atoms with E-state index in [-0.39, 0.29) is 0 Å². The fourth-order valence-electron chi connectivity index (χ4n) is 4.40. The van der Waals surface area contributed by atoms with E-state index in [2.05, 4.69) is 19.7 Å². The molecule has 1 atom stereocenters. The number of rotatable bonds is 2. The van der Waals surface area contributed by atoms with Gasteiger partial charge in [0.15, 0.2) is 5.65 Å². The van der Waals surface area contributed by atoms with Crippen LogP contribution in [0.4, 0.5) is 5.82 Å².